The zero-order valence-electron chi connectivity index (χ0n) is 14.7. The first-order chi connectivity index (χ1) is 13.6. The number of aliphatic imine (C=N–C) groups is 1. The van der Waals surface area contributed by atoms with E-state index in [1.165, 1.54) is 0 Å². The van der Waals surface area contributed by atoms with Gasteiger partial charge < -0.3 is 14.0 Å². The quantitative estimate of drug-likeness (QED) is 0.639. The Hall–Kier alpha value is -2.80. The summed E-state index contributed by atoms with van der Waals surface area (Å²) >= 11 is 5.84. The van der Waals surface area contributed by atoms with Crippen LogP contribution in [0.1, 0.15) is 5.56 Å². The molecule has 0 saturated carbocycles. The van der Waals surface area contributed by atoms with Crippen molar-refractivity contribution >= 4 is 33.8 Å². The molecule has 4 rings (SSSR count). The van der Waals surface area contributed by atoms with Crippen LogP contribution >= 0.6 is 22.1 Å². The third-order valence-electron chi connectivity index (χ3n) is 4.20. The molecule has 142 valence electrons. The minimum atomic E-state index is -2.50. The van der Waals surface area contributed by atoms with Crippen LogP contribution in [0, 0.1) is 0 Å². The highest BCUT2D eigenvalue weighted by Gasteiger charge is 2.37. The largest absolute Gasteiger partial charge is 0.484 e. The fourth-order valence-electron chi connectivity index (χ4n) is 2.89. The first-order valence-electron chi connectivity index (χ1n) is 8.54. The second-order valence-corrected chi connectivity index (χ2v) is 8.80. The van der Waals surface area contributed by atoms with Crippen molar-refractivity contribution in [3.05, 3.63) is 89.4 Å². The van der Waals surface area contributed by atoms with Gasteiger partial charge in [-0.1, -0.05) is 48.0 Å². The molecular formula is C21H17ClN2O3S. The van der Waals surface area contributed by atoms with E-state index in [1.807, 2.05) is 54.6 Å². The summed E-state index contributed by atoms with van der Waals surface area (Å²) < 4.78 is 19.9. The number of halogens is 1. The van der Waals surface area contributed by atoms with Gasteiger partial charge in [0.1, 0.15) is 11.6 Å². The summed E-state index contributed by atoms with van der Waals surface area (Å²) in [4.78, 5) is 18.0. The number of rotatable bonds is 4. The summed E-state index contributed by atoms with van der Waals surface area (Å²) in [6.45, 7) is -0.214. The van der Waals surface area contributed by atoms with Crippen molar-refractivity contribution in [3.8, 4) is 5.75 Å². The third kappa shape index (κ3) is 3.62. The monoisotopic (exact) mass is 412 g/mol. The second-order valence-electron chi connectivity index (χ2n) is 6.09. The van der Waals surface area contributed by atoms with Gasteiger partial charge in [0.25, 0.3) is 5.91 Å². The number of hydrogen-bond donors (Lipinski definition) is 2. The van der Waals surface area contributed by atoms with Crippen LogP contribution in [0.3, 0.4) is 0 Å². The number of carbonyl (C=O) groups is 1. The lowest BCUT2D eigenvalue weighted by Crippen LogP contribution is -2.23. The van der Waals surface area contributed by atoms with Gasteiger partial charge in [-0.25, -0.2) is 0 Å². The number of nitrogens with zero attached hydrogens (tertiary/aromatic N) is 1. The minimum Gasteiger partial charge on any atom is -0.484 e. The van der Waals surface area contributed by atoms with Crippen LogP contribution in [-0.4, -0.2) is 22.9 Å². The fraction of sp³-hybridized carbons (Fsp3) is 0.0476. The predicted molar refractivity (Wildman–Crippen MR) is 111 cm³/mol. The first-order valence-corrected chi connectivity index (χ1v) is 10.5. The summed E-state index contributed by atoms with van der Waals surface area (Å²) in [5, 5.41) is 0.592. The Bertz CT molecular complexity index is 1040. The summed E-state index contributed by atoms with van der Waals surface area (Å²) in [6, 6.07) is 23.5. The minimum absolute atomic E-state index is 0.214. The van der Waals surface area contributed by atoms with Gasteiger partial charge in [0.15, 0.2) is 6.61 Å². The van der Waals surface area contributed by atoms with Crippen LogP contribution in [0.25, 0.3) is 0 Å². The van der Waals surface area contributed by atoms with Gasteiger partial charge in [-0.2, -0.15) is 4.99 Å². The molecule has 1 atom stereocenters. The summed E-state index contributed by atoms with van der Waals surface area (Å²) in [6.07, 6.45) is 0. The van der Waals surface area contributed by atoms with Crippen molar-refractivity contribution < 1.29 is 14.1 Å². The molecule has 2 N–H and O–H groups in total. The average Bonchev–Trinajstić information content (AvgIpc) is 3.01. The molecule has 3 aromatic carbocycles. The number of hydrogen-bond acceptors (Lipinski definition) is 3. The number of ether oxygens (including phenoxy) is 1. The Labute approximate surface area is 169 Å². The lowest BCUT2D eigenvalue weighted by atomic mass is 10.2. The Morgan fingerprint density at radius 3 is 2.43 bits per heavy atom. The number of amidine groups is 1. The van der Waals surface area contributed by atoms with E-state index in [9.17, 15) is 9.35 Å². The van der Waals surface area contributed by atoms with Gasteiger partial charge in [-0.15, -0.1) is 0 Å². The highest BCUT2D eigenvalue weighted by atomic mass is 35.5. The molecule has 0 aliphatic carbocycles. The van der Waals surface area contributed by atoms with Crippen LogP contribution in [0.2, 0.25) is 5.02 Å². The van der Waals surface area contributed by atoms with E-state index in [1.54, 1.807) is 24.3 Å². The molecule has 3 aromatic rings. The lowest BCUT2D eigenvalue weighted by Gasteiger charge is -2.30. The van der Waals surface area contributed by atoms with E-state index in [4.69, 9.17) is 16.3 Å². The van der Waals surface area contributed by atoms with Crippen LogP contribution < -0.4 is 9.46 Å². The standard InChI is InChI=1S/C21H17ClN2O3S/c22-15-10-12-16(13-11-15)27-14-20(25)23-21-18-8-4-5-9-19(18)28(26,24-21)17-6-2-1-3-7-17/h1-13,26H,14H2,(H,23,24,25). The van der Waals surface area contributed by atoms with Crippen molar-refractivity contribution in [2.24, 2.45) is 4.99 Å². The molecule has 0 radical (unpaired) electrons. The third-order valence-corrected chi connectivity index (χ3v) is 6.89. The highest BCUT2D eigenvalue weighted by molar-refractivity contribution is 8.28. The Morgan fingerprint density at radius 2 is 1.68 bits per heavy atom. The van der Waals surface area contributed by atoms with Gasteiger partial charge in [-0.3, -0.25) is 4.79 Å². The smallest absolute Gasteiger partial charge is 0.285 e. The number of nitrogens with one attached hydrogen (secondary N) is 1. The van der Waals surface area contributed by atoms with Crippen molar-refractivity contribution in [1.82, 2.24) is 4.72 Å². The molecule has 1 amide bonds. The maximum Gasteiger partial charge on any atom is 0.285 e. The van der Waals surface area contributed by atoms with Gasteiger partial charge in [0.05, 0.1) is 0 Å². The van der Waals surface area contributed by atoms with Crippen molar-refractivity contribution in [1.29, 1.82) is 0 Å². The predicted octanol–water partition coefficient (Wildman–Crippen LogP) is 4.91. The molecule has 0 spiro atoms. The maximum atomic E-state index is 12.3. The molecule has 1 heterocycles. The molecule has 1 aliphatic heterocycles. The molecule has 1 unspecified atom stereocenters. The number of fused-ring (bicyclic) bond motifs is 1. The fourth-order valence-corrected chi connectivity index (χ4v) is 5.24. The van der Waals surface area contributed by atoms with Gasteiger partial charge in [0, 0.05) is 20.4 Å². The zero-order chi connectivity index (χ0) is 19.6. The molecule has 7 heteroatoms. The Kier molecular flexibility index (Phi) is 5.09. The number of benzene rings is 3. The van der Waals surface area contributed by atoms with Gasteiger partial charge >= 0.3 is 0 Å². The van der Waals surface area contributed by atoms with Crippen molar-refractivity contribution in [2.75, 3.05) is 6.61 Å². The molecule has 0 aromatic heterocycles. The van der Waals surface area contributed by atoms with Crippen LogP contribution in [-0.2, 0) is 4.79 Å². The highest BCUT2D eigenvalue weighted by Crippen LogP contribution is 2.60. The van der Waals surface area contributed by atoms with E-state index < -0.39 is 16.4 Å². The lowest BCUT2D eigenvalue weighted by molar-refractivity contribution is -0.119. The van der Waals surface area contributed by atoms with E-state index >= 15 is 0 Å². The van der Waals surface area contributed by atoms with Crippen LogP contribution in [0.5, 0.6) is 5.75 Å². The van der Waals surface area contributed by atoms with Crippen LogP contribution in [0.15, 0.2) is 93.6 Å². The van der Waals surface area contributed by atoms with Crippen molar-refractivity contribution in [2.45, 2.75) is 9.79 Å². The number of carbonyl (C=O) groups excluding carboxylic acids is 1. The number of amides is 1. The van der Waals surface area contributed by atoms with Gasteiger partial charge in [-0.05, 0) is 53.0 Å². The second kappa shape index (κ2) is 7.67. The summed E-state index contributed by atoms with van der Waals surface area (Å²) in [7, 11) is -2.50. The molecule has 1 aliphatic rings. The SMILES string of the molecule is O=C(COc1ccc(Cl)cc1)N=C1NS(O)(c2ccccc2)c2ccccc21. The first kappa shape index (κ1) is 18.6. The molecule has 5 nitrogen and oxygen atoms in total. The Balaban J connectivity index is 1.58. The van der Waals surface area contributed by atoms with E-state index in [2.05, 4.69) is 9.71 Å². The topological polar surface area (TPSA) is 70.9 Å². The van der Waals surface area contributed by atoms with Crippen LogP contribution in [0.4, 0.5) is 0 Å². The molecular weight excluding hydrogens is 396 g/mol. The van der Waals surface area contributed by atoms with E-state index in [0.29, 0.717) is 22.2 Å². The van der Waals surface area contributed by atoms with E-state index in [-0.39, 0.29) is 6.61 Å². The Morgan fingerprint density at radius 1 is 1.00 bits per heavy atom. The average molecular weight is 413 g/mol. The molecule has 0 fully saturated rings. The van der Waals surface area contributed by atoms with Crippen molar-refractivity contribution in [3.63, 3.8) is 0 Å². The molecule has 0 saturated heterocycles. The van der Waals surface area contributed by atoms with E-state index in [0.717, 1.165) is 9.79 Å². The molecule has 0 bridgehead atoms. The zero-order valence-corrected chi connectivity index (χ0v) is 16.3. The summed E-state index contributed by atoms with van der Waals surface area (Å²) in [5.74, 6) is 0.426. The molecule has 28 heavy (non-hydrogen) atoms. The normalized spacial score (nSPS) is 21.4. The maximum absolute atomic E-state index is 12.3. The summed E-state index contributed by atoms with van der Waals surface area (Å²) in [5.41, 5.74) is 0.712. The van der Waals surface area contributed by atoms with Gasteiger partial charge in [0.2, 0.25) is 0 Å².